The van der Waals surface area contributed by atoms with Gasteiger partial charge in [-0.05, 0) is 24.3 Å². The maximum Gasteiger partial charge on any atom is 0.417 e. The zero-order valence-electron chi connectivity index (χ0n) is 32.4. The van der Waals surface area contributed by atoms with Crippen molar-refractivity contribution in [2.24, 2.45) is 5.73 Å². The van der Waals surface area contributed by atoms with E-state index in [1.165, 1.54) is 36.7 Å². The number of alkyl halides is 6. The summed E-state index contributed by atoms with van der Waals surface area (Å²) in [5.74, 6) is 0.325. The number of aromatic nitrogens is 8. The summed E-state index contributed by atoms with van der Waals surface area (Å²) in [6.07, 6.45) is -6.87. The summed E-state index contributed by atoms with van der Waals surface area (Å²) in [6, 6.07) is 7.21. The molecule has 0 aliphatic rings. The number of imidazole rings is 2. The van der Waals surface area contributed by atoms with Gasteiger partial charge in [0, 0.05) is 54.6 Å². The molecule has 0 radical (unpaired) electrons. The highest BCUT2D eigenvalue weighted by atomic mass is 35.5. The number of ether oxygens (including phenoxy) is 2. The van der Waals surface area contributed by atoms with E-state index in [-0.39, 0.29) is 113 Å². The van der Waals surface area contributed by atoms with E-state index in [1.54, 1.807) is 0 Å². The number of aliphatic hydroxyl groups excluding tert-OH is 3. The van der Waals surface area contributed by atoms with Crippen LogP contribution in [-0.2, 0) is 12.4 Å². The number of nitrogens with zero attached hydrogens (tertiary/aromatic N) is 8. The van der Waals surface area contributed by atoms with E-state index in [9.17, 15) is 36.6 Å². The van der Waals surface area contributed by atoms with Crippen molar-refractivity contribution in [1.29, 1.82) is 0 Å². The summed E-state index contributed by atoms with van der Waals surface area (Å²) in [5, 5.41) is 35.7. The van der Waals surface area contributed by atoms with E-state index >= 15 is 0 Å². The van der Waals surface area contributed by atoms with E-state index in [0.717, 1.165) is 33.3 Å². The highest BCUT2D eigenvalue weighted by Crippen LogP contribution is 2.39. The summed E-state index contributed by atoms with van der Waals surface area (Å²) in [5.41, 5.74) is 4.41. The molecule has 0 amide bonds. The van der Waals surface area contributed by atoms with Crippen LogP contribution in [-0.4, -0.2) is 92.9 Å². The third kappa shape index (κ3) is 10.8. The molecule has 0 fully saturated rings. The molecule has 2 atom stereocenters. The molecule has 8 aromatic rings. The standard InChI is InChI=1S/C19H13Cl3F3N5O3.C19H12Cl3F3N4O4/c20-11-3-15(32-7-9(31)4-26)12(21)2-10(11)16-28-18(33-29-16)14-6-30-5-8(19(23,24)25)1-13(22)17(30)27-14;20-11-3-15(32-7-9(31)6-30)12(21)2-10(11)16-27-18(33-28-16)14-5-29-4-8(19(23,24)25)1-13(22)17(29)26-14/h1-3,5-6,9,31H,4,7,26H2;1-5,9,30-31H,6-7H2. The van der Waals surface area contributed by atoms with E-state index in [4.69, 9.17) is 99.0 Å². The first kappa shape index (κ1) is 48.8. The Morgan fingerprint density at radius 3 is 1.36 bits per heavy atom. The number of rotatable bonds is 12. The molecule has 2 unspecified atom stereocenters. The number of nitrogens with two attached hydrogens (primary N) is 1. The number of hydrogen-bond donors (Lipinski definition) is 4. The first-order valence-electron chi connectivity index (χ1n) is 18.2. The molecule has 2 aromatic carbocycles. The molecule has 348 valence electrons. The van der Waals surface area contributed by atoms with Crippen LogP contribution in [0.4, 0.5) is 26.3 Å². The Labute approximate surface area is 394 Å². The lowest BCUT2D eigenvalue weighted by Gasteiger charge is -2.12. The molecule has 28 heteroatoms. The number of fused-ring (bicyclic) bond motifs is 2. The minimum Gasteiger partial charge on any atom is -0.489 e. The van der Waals surface area contributed by atoms with Crippen molar-refractivity contribution in [3.05, 3.63) is 102 Å². The lowest BCUT2D eigenvalue weighted by atomic mass is 10.2. The Hall–Kier alpha value is -5.14. The van der Waals surface area contributed by atoms with Gasteiger partial charge in [0.15, 0.2) is 11.3 Å². The molecule has 6 aromatic heterocycles. The van der Waals surface area contributed by atoms with Gasteiger partial charge in [-0.15, -0.1) is 0 Å². The molecule has 16 nitrogen and oxygen atoms in total. The number of benzene rings is 2. The maximum atomic E-state index is 13.0. The first-order valence-corrected chi connectivity index (χ1v) is 20.5. The van der Waals surface area contributed by atoms with Crippen molar-refractivity contribution in [2.45, 2.75) is 24.6 Å². The van der Waals surface area contributed by atoms with Gasteiger partial charge >= 0.3 is 12.4 Å². The molecule has 0 aliphatic heterocycles. The average Bonchev–Trinajstić information content (AvgIpc) is 4.09. The van der Waals surface area contributed by atoms with E-state index < -0.39 is 42.3 Å². The fourth-order valence-corrected chi connectivity index (χ4v) is 7.05. The van der Waals surface area contributed by atoms with Crippen LogP contribution >= 0.6 is 69.6 Å². The molecule has 0 saturated carbocycles. The molecule has 66 heavy (non-hydrogen) atoms. The minimum atomic E-state index is -4.58. The van der Waals surface area contributed by atoms with Gasteiger partial charge in [0.2, 0.25) is 11.6 Å². The Morgan fingerprint density at radius 2 is 0.985 bits per heavy atom. The highest BCUT2D eigenvalue weighted by Gasteiger charge is 2.33. The molecule has 6 heterocycles. The van der Waals surface area contributed by atoms with Gasteiger partial charge in [-0.1, -0.05) is 79.9 Å². The number of aliphatic hydroxyl groups is 3. The largest absolute Gasteiger partial charge is 0.489 e. The SMILES string of the molecule is NCC(O)COc1cc(Cl)c(-c2noc(-c3cn4cc(C(F)(F)F)cc(Cl)c4n3)n2)cc1Cl.OCC(O)COc1cc(Cl)c(-c2noc(-c3cn4cc(C(F)(F)F)cc(Cl)c4n3)n2)cc1Cl. The van der Waals surface area contributed by atoms with Gasteiger partial charge in [0.25, 0.3) is 11.8 Å². The van der Waals surface area contributed by atoms with Crippen LogP contribution in [0.25, 0.3) is 57.2 Å². The van der Waals surface area contributed by atoms with Crippen LogP contribution in [0.2, 0.25) is 30.1 Å². The fraction of sp³-hybridized carbons (Fsp3) is 0.211. The van der Waals surface area contributed by atoms with Crippen molar-refractivity contribution in [2.75, 3.05) is 26.4 Å². The molecule has 0 spiro atoms. The third-order valence-electron chi connectivity index (χ3n) is 8.83. The average molecular weight is 1050 g/mol. The summed E-state index contributed by atoms with van der Waals surface area (Å²) >= 11 is 36.9. The van der Waals surface area contributed by atoms with Crippen molar-refractivity contribution in [3.8, 4) is 57.4 Å². The molecule has 0 saturated heterocycles. The van der Waals surface area contributed by atoms with Crippen molar-refractivity contribution < 1.29 is 60.2 Å². The molecule has 0 aliphatic carbocycles. The van der Waals surface area contributed by atoms with Crippen LogP contribution in [0.1, 0.15) is 11.1 Å². The fourth-order valence-electron chi connectivity index (χ4n) is 5.62. The monoisotopic (exact) mass is 1040 g/mol. The number of pyridine rings is 2. The lowest BCUT2D eigenvalue weighted by molar-refractivity contribution is -0.138. The van der Waals surface area contributed by atoms with Gasteiger partial charge in [0.05, 0.1) is 47.9 Å². The second-order valence-electron chi connectivity index (χ2n) is 13.6. The summed E-state index contributed by atoms with van der Waals surface area (Å²) in [4.78, 5) is 16.7. The highest BCUT2D eigenvalue weighted by molar-refractivity contribution is 6.37. The molecular weight excluding hydrogens is 1020 g/mol. The Balaban J connectivity index is 0.000000196. The molecule has 5 N–H and O–H groups in total. The predicted molar refractivity (Wildman–Crippen MR) is 227 cm³/mol. The smallest absolute Gasteiger partial charge is 0.417 e. The lowest BCUT2D eigenvalue weighted by Crippen LogP contribution is -2.26. The first-order chi connectivity index (χ1) is 31.1. The van der Waals surface area contributed by atoms with Crippen LogP contribution < -0.4 is 15.2 Å². The van der Waals surface area contributed by atoms with Crippen molar-refractivity contribution in [3.63, 3.8) is 0 Å². The van der Waals surface area contributed by atoms with E-state index in [0.29, 0.717) is 5.56 Å². The summed E-state index contributed by atoms with van der Waals surface area (Å²) in [6.45, 7) is -0.753. The molecule has 0 bridgehead atoms. The minimum absolute atomic E-state index is 0.0147. The Morgan fingerprint density at radius 1 is 0.576 bits per heavy atom. The zero-order valence-corrected chi connectivity index (χ0v) is 37.0. The maximum absolute atomic E-state index is 13.0. The number of halogens is 12. The van der Waals surface area contributed by atoms with Gasteiger partial charge in [-0.2, -0.15) is 36.3 Å². The third-order valence-corrected chi connectivity index (χ3v) is 10.6. The van der Waals surface area contributed by atoms with Crippen LogP contribution in [0.15, 0.2) is 70.2 Å². The van der Waals surface area contributed by atoms with Gasteiger partial charge in [-0.25, -0.2) is 9.97 Å². The zero-order chi connectivity index (χ0) is 47.8. The van der Waals surface area contributed by atoms with Gasteiger partial charge < -0.3 is 48.4 Å². The molecule has 8 rings (SSSR count). The quantitative estimate of drug-likeness (QED) is 0.0839. The van der Waals surface area contributed by atoms with Gasteiger partial charge in [-0.3, -0.25) is 0 Å². The normalized spacial score (nSPS) is 13.0. The Kier molecular flexibility index (Phi) is 14.5. The van der Waals surface area contributed by atoms with Gasteiger partial charge in [0.1, 0.15) is 48.3 Å². The second kappa shape index (κ2) is 19.6. The molecular formula is C38H25Cl6F6N9O7. The predicted octanol–water partition coefficient (Wildman–Crippen LogP) is 9.49. The van der Waals surface area contributed by atoms with Crippen molar-refractivity contribution in [1.82, 2.24) is 39.1 Å². The topological polar surface area (TPSA) is 218 Å². The summed E-state index contributed by atoms with van der Waals surface area (Å²) < 4.78 is 102. The van der Waals surface area contributed by atoms with E-state index in [1.807, 2.05) is 0 Å². The van der Waals surface area contributed by atoms with Crippen molar-refractivity contribution >= 4 is 80.9 Å². The van der Waals surface area contributed by atoms with E-state index in [2.05, 4.69) is 30.2 Å². The summed E-state index contributed by atoms with van der Waals surface area (Å²) in [7, 11) is 0. The van der Waals surface area contributed by atoms with Crippen LogP contribution in [0.3, 0.4) is 0 Å². The Bertz CT molecular complexity index is 2850. The number of hydrogen-bond acceptors (Lipinski definition) is 14. The van der Waals surface area contributed by atoms with Crippen LogP contribution in [0.5, 0.6) is 11.5 Å². The second-order valence-corrected chi connectivity index (χ2v) is 16.0. The van der Waals surface area contributed by atoms with Crippen LogP contribution in [0, 0.1) is 0 Å².